The van der Waals surface area contributed by atoms with Crippen LogP contribution in [0.3, 0.4) is 0 Å². The van der Waals surface area contributed by atoms with Gasteiger partial charge in [0.1, 0.15) is 0 Å². The number of hydrogen-bond acceptors (Lipinski definition) is 5. The zero-order valence-corrected chi connectivity index (χ0v) is 16.0. The molecule has 2 N–H and O–H groups in total. The molecular formula is C18H31N3O4. The maximum atomic E-state index is 5.38. The largest absolute Gasteiger partial charge is 0.493 e. The van der Waals surface area contributed by atoms with Crippen molar-refractivity contribution < 1.29 is 18.9 Å². The van der Waals surface area contributed by atoms with Crippen LogP contribution in [0.25, 0.3) is 0 Å². The van der Waals surface area contributed by atoms with Crippen molar-refractivity contribution in [1.29, 1.82) is 0 Å². The molecular weight excluding hydrogens is 322 g/mol. The Morgan fingerprint density at radius 1 is 1.00 bits per heavy atom. The normalized spacial score (nSPS) is 11.2. The molecule has 25 heavy (non-hydrogen) atoms. The van der Waals surface area contributed by atoms with Gasteiger partial charge in [-0.05, 0) is 38.0 Å². The Labute approximate surface area is 150 Å². The molecule has 7 heteroatoms. The van der Waals surface area contributed by atoms with Crippen LogP contribution >= 0.6 is 0 Å². The lowest BCUT2D eigenvalue weighted by molar-refractivity contribution is 0.145. The minimum Gasteiger partial charge on any atom is -0.493 e. The summed E-state index contributed by atoms with van der Waals surface area (Å²) in [6, 6.07) is 3.81. The number of ether oxygens (including phenoxy) is 4. The third kappa shape index (κ3) is 7.09. The Morgan fingerprint density at radius 3 is 2.20 bits per heavy atom. The monoisotopic (exact) mass is 353 g/mol. The lowest BCUT2D eigenvalue weighted by Gasteiger charge is -2.14. The number of nitrogens with zero attached hydrogens (tertiary/aromatic N) is 1. The van der Waals surface area contributed by atoms with Gasteiger partial charge < -0.3 is 29.6 Å². The summed E-state index contributed by atoms with van der Waals surface area (Å²) in [5, 5.41) is 6.54. The molecule has 0 saturated carbocycles. The first-order valence-corrected chi connectivity index (χ1v) is 8.58. The Kier molecular flexibility index (Phi) is 10.2. The fraction of sp³-hybridized carbons (Fsp3) is 0.611. The number of hydrogen-bond donors (Lipinski definition) is 2. The highest BCUT2D eigenvalue weighted by Gasteiger charge is 2.13. The minimum absolute atomic E-state index is 0.498. The third-order valence-corrected chi connectivity index (χ3v) is 3.45. The van der Waals surface area contributed by atoms with Gasteiger partial charge in [0, 0.05) is 26.3 Å². The molecule has 0 aromatic heterocycles. The molecule has 1 aromatic carbocycles. The van der Waals surface area contributed by atoms with Gasteiger partial charge in [-0.3, -0.25) is 0 Å². The number of aliphatic imine (C=N–C) groups is 1. The molecule has 7 nitrogen and oxygen atoms in total. The van der Waals surface area contributed by atoms with Crippen LogP contribution in [0.1, 0.15) is 25.8 Å². The minimum atomic E-state index is 0.498. The molecule has 0 radical (unpaired) electrons. The first kappa shape index (κ1) is 20.9. The Balaban J connectivity index is 2.77. The van der Waals surface area contributed by atoms with Gasteiger partial charge in [0.15, 0.2) is 17.5 Å². The van der Waals surface area contributed by atoms with Crippen molar-refractivity contribution in [3.05, 3.63) is 17.7 Å². The molecule has 0 spiro atoms. The fourth-order valence-corrected chi connectivity index (χ4v) is 2.26. The predicted molar refractivity (Wildman–Crippen MR) is 100 cm³/mol. The summed E-state index contributed by atoms with van der Waals surface area (Å²) in [5.74, 6) is 2.61. The molecule has 0 atom stereocenters. The Bertz CT molecular complexity index is 510. The zero-order chi connectivity index (χ0) is 18.5. The van der Waals surface area contributed by atoms with Gasteiger partial charge in [-0.2, -0.15) is 0 Å². The van der Waals surface area contributed by atoms with E-state index in [-0.39, 0.29) is 0 Å². The summed E-state index contributed by atoms with van der Waals surface area (Å²) in [6.07, 6.45) is 0.933. The average molecular weight is 353 g/mol. The fourth-order valence-electron chi connectivity index (χ4n) is 2.26. The molecule has 1 aromatic rings. The number of rotatable bonds is 11. The van der Waals surface area contributed by atoms with Gasteiger partial charge >= 0.3 is 0 Å². The van der Waals surface area contributed by atoms with Crippen molar-refractivity contribution in [1.82, 2.24) is 10.6 Å². The van der Waals surface area contributed by atoms with Gasteiger partial charge in [-0.1, -0.05) is 0 Å². The maximum Gasteiger partial charge on any atom is 0.203 e. The van der Waals surface area contributed by atoms with Crippen molar-refractivity contribution in [2.45, 2.75) is 26.8 Å². The van der Waals surface area contributed by atoms with Gasteiger partial charge in [-0.25, -0.2) is 4.99 Å². The van der Waals surface area contributed by atoms with E-state index in [1.807, 2.05) is 26.0 Å². The van der Waals surface area contributed by atoms with E-state index >= 15 is 0 Å². The van der Waals surface area contributed by atoms with Gasteiger partial charge in [0.25, 0.3) is 0 Å². The van der Waals surface area contributed by atoms with Crippen LogP contribution in [0, 0.1) is 0 Å². The van der Waals surface area contributed by atoms with Gasteiger partial charge in [-0.15, -0.1) is 0 Å². The lowest BCUT2D eigenvalue weighted by atomic mass is 10.2. The zero-order valence-electron chi connectivity index (χ0n) is 16.0. The lowest BCUT2D eigenvalue weighted by Crippen LogP contribution is -2.38. The highest BCUT2D eigenvalue weighted by atomic mass is 16.5. The Morgan fingerprint density at radius 2 is 1.68 bits per heavy atom. The van der Waals surface area contributed by atoms with Crippen LogP contribution in [-0.4, -0.2) is 53.6 Å². The molecule has 1 rings (SSSR count). The molecule has 0 aliphatic rings. The Hall–Kier alpha value is -2.15. The van der Waals surface area contributed by atoms with E-state index in [1.165, 1.54) is 0 Å². The topological polar surface area (TPSA) is 73.3 Å². The second-order valence-corrected chi connectivity index (χ2v) is 5.21. The standard InChI is InChI=1S/C18H31N3O4/c1-6-19-18(20-9-8-10-25-7-2)21-13-14-11-15(22-3)17(24-5)16(12-14)23-4/h11-12H,6-10,13H2,1-5H3,(H2,19,20,21). The molecule has 0 unspecified atom stereocenters. The van der Waals surface area contributed by atoms with Crippen molar-refractivity contribution in [3.63, 3.8) is 0 Å². The summed E-state index contributed by atoms with van der Waals surface area (Å²) >= 11 is 0. The van der Waals surface area contributed by atoms with Crippen LogP contribution in [0.4, 0.5) is 0 Å². The molecule has 0 bridgehead atoms. The smallest absolute Gasteiger partial charge is 0.203 e. The van der Waals surface area contributed by atoms with Crippen LogP contribution in [-0.2, 0) is 11.3 Å². The van der Waals surface area contributed by atoms with E-state index in [0.717, 1.165) is 44.2 Å². The average Bonchev–Trinajstić information content (AvgIpc) is 2.64. The summed E-state index contributed by atoms with van der Waals surface area (Å²) in [6.45, 7) is 7.63. The molecule has 0 amide bonds. The number of guanidine groups is 1. The van der Waals surface area contributed by atoms with Crippen molar-refractivity contribution in [2.24, 2.45) is 4.99 Å². The van der Waals surface area contributed by atoms with Crippen molar-refractivity contribution in [3.8, 4) is 17.2 Å². The van der Waals surface area contributed by atoms with Crippen LogP contribution < -0.4 is 24.8 Å². The molecule has 142 valence electrons. The summed E-state index contributed by atoms with van der Waals surface area (Å²) in [4.78, 5) is 4.61. The maximum absolute atomic E-state index is 5.38. The first-order chi connectivity index (χ1) is 12.2. The van der Waals surface area contributed by atoms with Crippen LogP contribution in [0.2, 0.25) is 0 Å². The molecule has 0 fully saturated rings. The summed E-state index contributed by atoms with van der Waals surface area (Å²) < 4.78 is 21.4. The number of methoxy groups -OCH3 is 3. The van der Waals surface area contributed by atoms with Gasteiger partial charge in [0.2, 0.25) is 5.75 Å². The van der Waals surface area contributed by atoms with E-state index in [2.05, 4.69) is 15.6 Å². The SMILES string of the molecule is CCNC(=NCc1cc(OC)c(OC)c(OC)c1)NCCCOCC. The van der Waals surface area contributed by atoms with E-state index in [0.29, 0.717) is 23.8 Å². The third-order valence-electron chi connectivity index (χ3n) is 3.45. The quantitative estimate of drug-likeness (QED) is 0.361. The van der Waals surface area contributed by atoms with Crippen molar-refractivity contribution in [2.75, 3.05) is 47.6 Å². The predicted octanol–water partition coefficient (Wildman–Crippen LogP) is 2.19. The molecule has 0 saturated heterocycles. The van der Waals surface area contributed by atoms with Crippen LogP contribution in [0.5, 0.6) is 17.2 Å². The first-order valence-electron chi connectivity index (χ1n) is 8.58. The van der Waals surface area contributed by atoms with E-state index in [1.54, 1.807) is 21.3 Å². The molecule has 0 heterocycles. The number of benzene rings is 1. The van der Waals surface area contributed by atoms with Crippen LogP contribution in [0.15, 0.2) is 17.1 Å². The summed E-state index contributed by atoms with van der Waals surface area (Å²) in [7, 11) is 4.80. The highest BCUT2D eigenvalue weighted by molar-refractivity contribution is 5.79. The second-order valence-electron chi connectivity index (χ2n) is 5.21. The highest BCUT2D eigenvalue weighted by Crippen LogP contribution is 2.38. The van der Waals surface area contributed by atoms with Crippen molar-refractivity contribution >= 4 is 5.96 Å². The number of nitrogens with one attached hydrogen (secondary N) is 2. The molecule has 0 aliphatic heterocycles. The van der Waals surface area contributed by atoms with E-state index in [4.69, 9.17) is 18.9 Å². The van der Waals surface area contributed by atoms with E-state index in [9.17, 15) is 0 Å². The molecule has 0 aliphatic carbocycles. The summed E-state index contributed by atoms with van der Waals surface area (Å²) in [5.41, 5.74) is 0.973. The van der Waals surface area contributed by atoms with Gasteiger partial charge in [0.05, 0.1) is 27.9 Å². The second kappa shape index (κ2) is 12.2. The van der Waals surface area contributed by atoms with E-state index < -0.39 is 0 Å².